The van der Waals surface area contributed by atoms with Gasteiger partial charge >= 0.3 is 0 Å². The highest BCUT2D eigenvalue weighted by atomic mass is 79.9. The van der Waals surface area contributed by atoms with Crippen molar-refractivity contribution in [3.05, 3.63) is 154 Å². The number of fused-ring (bicyclic) bond motifs is 10. The maximum absolute atomic E-state index is 4.20. The Morgan fingerprint density at radius 3 is 1.16 bits per heavy atom. The average Bonchev–Trinajstić information content (AvgIpc) is 3.44. The van der Waals surface area contributed by atoms with E-state index in [2.05, 4.69) is 171 Å². The second-order valence-corrected chi connectivity index (χ2v) is 14.6. The van der Waals surface area contributed by atoms with Gasteiger partial charge in [0.05, 0.1) is 0 Å². The van der Waals surface area contributed by atoms with Gasteiger partial charge in [0.2, 0.25) is 0 Å². The largest absolute Gasteiger partial charge is 0.0619 e. The van der Waals surface area contributed by atoms with Crippen LogP contribution in [0.1, 0.15) is 49.9 Å². The molecule has 7 aromatic carbocycles. The van der Waals surface area contributed by atoms with Crippen LogP contribution in [0.15, 0.2) is 132 Å². The van der Waals surface area contributed by atoms with Gasteiger partial charge in [-0.3, -0.25) is 0 Å². The zero-order valence-electron chi connectivity index (χ0n) is 26.0. The lowest BCUT2D eigenvalue weighted by molar-refractivity contribution is 0.661. The molecule has 0 aromatic heterocycles. The lowest BCUT2D eigenvalue weighted by atomic mass is 9.79. The van der Waals surface area contributed by atoms with Gasteiger partial charge in [-0.2, -0.15) is 0 Å². The molecule has 0 N–H and O–H groups in total. The Bertz CT molecular complexity index is 2220. The summed E-state index contributed by atoms with van der Waals surface area (Å²) in [6.07, 6.45) is 0. The molecule has 216 valence electrons. The Hall–Kier alpha value is -4.46. The van der Waals surface area contributed by atoms with Gasteiger partial charge in [-0.25, -0.2) is 0 Å². The Balaban J connectivity index is 1.32. The minimum Gasteiger partial charge on any atom is -0.0619 e. The standard InChI is InChI=1S/C44H33Br/c1-43(2)36-22-11-9-18-32(36)40-28-16-7-5-14-26(28)34(24-38(40)43)30-20-13-21-31(42(30)45)35-25-39-41(29-17-8-6-15-27(29)35)33-19-10-12-23-37(33)44(39,3)4/h5-25H,1-4H3. The van der Waals surface area contributed by atoms with Crippen molar-refractivity contribution in [1.29, 1.82) is 0 Å². The van der Waals surface area contributed by atoms with Gasteiger partial charge in [-0.05, 0) is 116 Å². The fourth-order valence-electron chi connectivity index (χ4n) is 8.49. The Kier molecular flexibility index (Phi) is 5.55. The van der Waals surface area contributed by atoms with E-state index < -0.39 is 0 Å². The molecule has 0 bridgehead atoms. The first-order chi connectivity index (χ1) is 21.8. The second kappa shape index (κ2) is 9.28. The molecular formula is C44H33Br. The minimum absolute atomic E-state index is 0.0778. The molecule has 0 amide bonds. The van der Waals surface area contributed by atoms with Gasteiger partial charge in [0, 0.05) is 15.3 Å². The highest BCUT2D eigenvalue weighted by Crippen LogP contribution is 2.56. The molecule has 7 aromatic rings. The molecule has 0 fully saturated rings. The summed E-state index contributed by atoms with van der Waals surface area (Å²) >= 11 is 4.20. The van der Waals surface area contributed by atoms with Crippen molar-refractivity contribution in [2.75, 3.05) is 0 Å². The predicted molar refractivity (Wildman–Crippen MR) is 195 cm³/mol. The third-order valence-corrected chi connectivity index (χ3v) is 11.6. The van der Waals surface area contributed by atoms with Crippen LogP contribution in [-0.4, -0.2) is 0 Å². The molecule has 0 atom stereocenters. The Morgan fingerprint density at radius 1 is 0.356 bits per heavy atom. The predicted octanol–water partition coefficient (Wildman–Crippen LogP) is 12.7. The molecular weight excluding hydrogens is 608 g/mol. The first-order valence-corrected chi connectivity index (χ1v) is 16.7. The summed E-state index contributed by atoms with van der Waals surface area (Å²) in [6.45, 7) is 9.49. The molecule has 2 aliphatic rings. The van der Waals surface area contributed by atoms with E-state index in [1.807, 2.05) is 0 Å². The van der Waals surface area contributed by atoms with E-state index in [1.54, 1.807) is 0 Å². The van der Waals surface area contributed by atoms with Crippen molar-refractivity contribution in [2.45, 2.75) is 38.5 Å². The molecule has 0 radical (unpaired) electrons. The molecule has 0 nitrogen and oxygen atoms in total. The highest BCUT2D eigenvalue weighted by molar-refractivity contribution is 9.10. The Labute approximate surface area is 273 Å². The van der Waals surface area contributed by atoms with Crippen molar-refractivity contribution in [3.63, 3.8) is 0 Å². The van der Waals surface area contributed by atoms with E-state index in [1.165, 1.54) is 88.3 Å². The smallest absolute Gasteiger partial charge is 0.0332 e. The maximum atomic E-state index is 4.20. The van der Waals surface area contributed by atoms with E-state index in [-0.39, 0.29) is 10.8 Å². The van der Waals surface area contributed by atoms with Crippen LogP contribution in [0.5, 0.6) is 0 Å². The van der Waals surface area contributed by atoms with Crippen LogP contribution in [-0.2, 0) is 10.8 Å². The summed E-state index contributed by atoms with van der Waals surface area (Å²) in [6, 6.07) is 47.6. The summed E-state index contributed by atoms with van der Waals surface area (Å²) in [5.41, 5.74) is 16.0. The first kappa shape index (κ1) is 26.9. The molecule has 9 rings (SSSR count). The van der Waals surface area contributed by atoms with Gasteiger partial charge in [0.15, 0.2) is 0 Å². The minimum atomic E-state index is -0.0778. The summed E-state index contributed by atoms with van der Waals surface area (Å²) in [5, 5.41) is 5.22. The van der Waals surface area contributed by atoms with Crippen molar-refractivity contribution in [3.8, 4) is 44.5 Å². The van der Waals surface area contributed by atoms with Crippen molar-refractivity contribution in [1.82, 2.24) is 0 Å². The fraction of sp³-hybridized carbons (Fsp3) is 0.136. The quantitative estimate of drug-likeness (QED) is 0.176. The van der Waals surface area contributed by atoms with Crippen molar-refractivity contribution >= 4 is 37.5 Å². The third-order valence-electron chi connectivity index (χ3n) is 10.8. The molecule has 2 aliphatic carbocycles. The van der Waals surface area contributed by atoms with Crippen LogP contribution < -0.4 is 0 Å². The number of rotatable bonds is 2. The normalized spacial score (nSPS) is 15.1. The van der Waals surface area contributed by atoms with Gasteiger partial charge in [0.25, 0.3) is 0 Å². The van der Waals surface area contributed by atoms with E-state index in [9.17, 15) is 0 Å². The molecule has 0 heterocycles. The molecule has 0 spiro atoms. The van der Waals surface area contributed by atoms with E-state index in [4.69, 9.17) is 0 Å². The van der Waals surface area contributed by atoms with Crippen LogP contribution in [0, 0.1) is 0 Å². The third kappa shape index (κ3) is 3.54. The van der Waals surface area contributed by atoms with Crippen LogP contribution in [0.25, 0.3) is 66.1 Å². The van der Waals surface area contributed by atoms with Crippen LogP contribution in [0.4, 0.5) is 0 Å². The lowest BCUT2D eigenvalue weighted by Crippen LogP contribution is -2.15. The summed E-state index contributed by atoms with van der Waals surface area (Å²) in [5.74, 6) is 0. The van der Waals surface area contributed by atoms with Gasteiger partial charge < -0.3 is 0 Å². The number of hydrogen-bond donors (Lipinski definition) is 0. The lowest BCUT2D eigenvalue weighted by Gasteiger charge is -2.24. The summed E-state index contributed by atoms with van der Waals surface area (Å²) in [4.78, 5) is 0. The number of halogens is 1. The Morgan fingerprint density at radius 2 is 0.711 bits per heavy atom. The molecule has 0 saturated carbocycles. The highest BCUT2D eigenvalue weighted by Gasteiger charge is 2.38. The van der Waals surface area contributed by atoms with E-state index in [0.29, 0.717) is 0 Å². The molecule has 0 aliphatic heterocycles. The van der Waals surface area contributed by atoms with E-state index in [0.717, 1.165) is 4.47 Å². The van der Waals surface area contributed by atoms with Gasteiger partial charge in [-0.15, -0.1) is 0 Å². The molecule has 0 saturated heterocycles. The average molecular weight is 642 g/mol. The topological polar surface area (TPSA) is 0 Å². The molecule has 1 heteroatoms. The van der Waals surface area contributed by atoms with E-state index >= 15 is 0 Å². The van der Waals surface area contributed by atoms with Gasteiger partial charge in [0.1, 0.15) is 0 Å². The van der Waals surface area contributed by atoms with Crippen LogP contribution in [0.2, 0.25) is 0 Å². The molecule has 45 heavy (non-hydrogen) atoms. The maximum Gasteiger partial charge on any atom is 0.0332 e. The zero-order chi connectivity index (χ0) is 30.7. The van der Waals surface area contributed by atoms with Crippen molar-refractivity contribution < 1.29 is 0 Å². The zero-order valence-corrected chi connectivity index (χ0v) is 27.6. The van der Waals surface area contributed by atoms with Crippen molar-refractivity contribution in [2.24, 2.45) is 0 Å². The monoisotopic (exact) mass is 640 g/mol. The summed E-state index contributed by atoms with van der Waals surface area (Å²) < 4.78 is 1.14. The fourth-order valence-corrected chi connectivity index (χ4v) is 9.18. The summed E-state index contributed by atoms with van der Waals surface area (Å²) in [7, 11) is 0. The van der Waals surface area contributed by atoms with Crippen LogP contribution in [0.3, 0.4) is 0 Å². The van der Waals surface area contributed by atoms with Crippen LogP contribution >= 0.6 is 15.9 Å². The number of benzene rings is 7. The number of hydrogen-bond acceptors (Lipinski definition) is 0. The second-order valence-electron chi connectivity index (χ2n) is 13.8. The first-order valence-electron chi connectivity index (χ1n) is 15.9. The van der Waals surface area contributed by atoms with Gasteiger partial charge in [-0.1, -0.05) is 143 Å². The molecule has 0 unspecified atom stereocenters. The SMILES string of the molecule is CC1(C)c2ccccc2-c2c1cc(-c1cccc(-c3cc4c(c5ccccc35)-c3ccccc3C4(C)C)c1Br)c1ccccc21.